The summed E-state index contributed by atoms with van der Waals surface area (Å²) < 4.78 is 127. The van der Waals surface area contributed by atoms with E-state index in [1.165, 1.54) is 18.2 Å². The number of hydrogen-bond acceptors (Lipinski definition) is 0. The lowest BCUT2D eigenvalue weighted by Gasteiger charge is -2.25. The fourth-order valence-electron chi connectivity index (χ4n) is 5.68. The molecule has 0 nitrogen and oxygen atoms in total. The lowest BCUT2D eigenvalue weighted by molar-refractivity contribution is -0.137. The van der Waals surface area contributed by atoms with Crippen LogP contribution in [0.5, 0.6) is 0 Å². The standard InChI is InChI=1S/C35H29Br2F9/c1-4-7-19-8-9-21(5-2)24(14-19)25-15-20(18-33(38,39)40)16-27(32(25)37)30-22(6-3)10-12-28(35(44,45)46)31(30)26-17-23(34(41,42)43)11-13-29(26)36/h8-17H,4-7,18H2,1-3H3. The number of alkyl halides is 9. The third-order valence-electron chi connectivity index (χ3n) is 7.73. The summed E-state index contributed by atoms with van der Waals surface area (Å²) in [5, 5.41) is 0. The van der Waals surface area contributed by atoms with E-state index in [9.17, 15) is 39.5 Å². The van der Waals surface area contributed by atoms with E-state index in [4.69, 9.17) is 0 Å². The monoisotopic (exact) mass is 778 g/mol. The SMILES string of the molecule is CCCc1ccc(CC)c(-c2cc(CC(F)(F)F)cc(-c3c(CC)ccc(C(F)(F)F)c3-c3cc(C(F)(F)F)ccc3Br)c2Br)c1. The smallest absolute Gasteiger partial charge is 0.171 e. The van der Waals surface area contributed by atoms with Gasteiger partial charge in [0, 0.05) is 14.5 Å². The highest BCUT2D eigenvalue weighted by molar-refractivity contribution is 9.11. The molecule has 0 amide bonds. The minimum absolute atomic E-state index is 0.0157. The Morgan fingerprint density at radius 1 is 0.565 bits per heavy atom. The Morgan fingerprint density at radius 2 is 1.17 bits per heavy atom. The molecule has 0 aliphatic carbocycles. The molecule has 0 bridgehead atoms. The highest BCUT2D eigenvalue weighted by Crippen LogP contribution is 2.51. The van der Waals surface area contributed by atoms with Gasteiger partial charge in [0.1, 0.15) is 0 Å². The molecular weight excluding hydrogens is 751 g/mol. The van der Waals surface area contributed by atoms with E-state index in [-0.39, 0.29) is 37.6 Å². The molecule has 0 saturated carbocycles. The van der Waals surface area contributed by atoms with Crippen molar-refractivity contribution in [2.45, 2.75) is 71.4 Å². The molecular formula is C35H29Br2F9. The average Bonchev–Trinajstić information content (AvgIpc) is 2.96. The third-order valence-corrected chi connectivity index (χ3v) is 9.28. The third kappa shape index (κ3) is 7.84. The first-order valence-electron chi connectivity index (χ1n) is 14.5. The van der Waals surface area contributed by atoms with Crippen LogP contribution in [0.15, 0.2) is 69.6 Å². The van der Waals surface area contributed by atoms with Gasteiger partial charge in [-0.05, 0) is 122 Å². The van der Waals surface area contributed by atoms with E-state index < -0.39 is 41.6 Å². The second-order valence-corrected chi connectivity index (χ2v) is 12.6. The van der Waals surface area contributed by atoms with E-state index in [0.717, 1.165) is 35.7 Å². The molecule has 0 N–H and O–H groups in total. The van der Waals surface area contributed by atoms with Crippen LogP contribution in [0.25, 0.3) is 33.4 Å². The van der Waals surface area contributed by atoms with Crippen LogP contribution in [-0.2, 0) is 38.0 Å². The van der Waals surface area contributed by atoms with Gasteiger partial charge in [0.15, 0.2) is 0 Å². The molecule has 0 fully saturated rings. The highest BCUT2D eigenvalue weighted by atomic mass is 79.9. The molecule has 0 aliphatic heterocycles. The lowest BCUT2D eigenvalue weighted by Crippen LogP contribution is -2.13. The lowest BCUT2D eigenvalue weighted by atomic mass is 9.83. The van der Waals surface area contributed by atoms with Crippen molar-refractivity contribution in [2.75, 3.05) is 0 Å². The van der Waals surface area contributed by atoms with Crippen LogP contribution in [0, 0.1) is 0 Å². The topological polar surface area (TPSA) is 0 Å². The van der Waals surface area contributed by atoms with Crippen LogP contribution >= 0.6 is 31.9 Å². The van der Waals surface area contributed by atoms with E-state index in [1.807, 2.05) is 32.0 Å². The maximum absolute atomic E-state index is 14.7. The molecule has 0 saturated heterocycles. The van der Waals surface area contributed by atoms with Gasteiger partial charge in [0.25, 0.3) is 0 Å². The number of aryl methyl sites for hydroxylation is 3. The van der Waals surface area contributed by atoms with Gasteiger partial charge in [-0.15, -0.1) is 0 Å². The van der Waals surface area contributed by atoms with E-state index >= 15 is 0 Å². The Hall–Kier alpha value is -2.79. The zero-order chi connectivity index (χ0) is 34.2. The quantitative estimate of drug-likeness (QED) is 0.156. The van der Waals surface area contributed by atoms with Crippen molar-refractivity contribution in [1.82, 2.24) is 0 Å². The molecule has 0 unspecified atom stereocenters. The number of halogens is 11. The van der Waals surface area contributed by atoms with Gasteiger partial charge >= 0.3 is 18.5 Å². The van der Waals surface area contributed by atoms with Gasteiger partial charge in [-0.2, -0.15) is 39.5 Å². The van der Waals surface area contributed by atoms with Gasteiger partial charge in [0.05, 0.1) is 17.5 Å². The van der Waals surface area contributed by atoms with Crippen LogP contribution in [0.2, 0.25) is 0 Å². The summed E-state index contributed by atoms with van der Waals surface area (Å²) in [6.45, 7) is 5.53. The predicted molar refractivity (Wildman–Crippen MR) is 171 cm³/mol. The molecule has 4 rings (SSSR count). The van der Waals surface area contributed by atoms with Gasteiger partial charge in [-0.25, -0.2) is 0 Å². The summed E-state index contributed by atoms with van der Waals surface area (Å²) in [6.07, 6.45) is -13.7. The first-order chi connectivity index (χ1) is 21.4. The number of hydrogen-bond donors (Lipinski definition) is 0. The van der Waals surface area contributed by atoms with Gasteiger partial charge < -0.3 is 0 Å². The molecule has 11 heteroatoms. The summed E-state index contributed by atoms with van der Waals surface area (Å²) in [7, 11) is 0. The largest absolute Gasteiger partial charge is 0.417 e. The van der Waals surface area contributed by atoms with Crippen molar-refractivity contribution in [3.05, 3.63) is 103 Å². The van der Waals surface area contributed by atoms with Crippen molar-refractivity contribution in [3.63, 3.8) is 0 Å². The number of rotatable bonds is 8. The summed E-state index contributed by atoms with van der Waals surface area (Å²) >= 11 is 6.71. The van der Waals surface area contributed by atoms with Crippen molar-refractivity contribution < 1.29 is 39.5 Å². The van der Waals surface area contributed by atoms with Crippen LogP contribution in [0.1, 0.15) is 60.6 Å². The summed E-state index contributed by atoms with van der Waals surface area (Å²) in [6, 6.07) is 12.7. The summed E-state index contributed by atoms with van der Waals surface area (Å²) in [5.74, 6) is 0. The average molecular weight is 780 g/mol. The second kappa shape index (κ2) is 13.7. The molecule has 0 atom stereocenters. The highest BCUT2D eigenvalue weighted by Gasteiger charge is 2.38. The van der Waals surface area contributed by atoms with Gasteiger partial charge in [-0.3, -0.25) is 0 Å². The molecule has 4 aromatic rings. The molecule has 246 valence electrons. The van der Waals surface area contributed by atoms with Crippen LogP contribution in [0.4, 0.5) is 39.5 Å². The van der Waals surface area contributed by atoms with Crippen molar-refractivity contribution in [2.24, 2.45) is 0 Å². The zero-order valence-electron chi connectivity index (χ0n) is 25.0. The van der Waals surface area contributed by atoms with E-state index in [1.54, 1.807) is 6.92 Å². The minimum Gasteiger partial charge on any atom is -0.171 e. The first kappa shape index (κ1) is 36.1. The Bertz CT molecular complexity index is 1730. The Labute approximate surface area is 278 Å². The van der Waals surface area contributed by atoms with Crippen LogP contribution in [-0.4, -0.2) is 6.18 Å². The molecule has 0 aromatic heterocycles. The maximum Gasteiger partial charge on any atom is 0.417 e. The van der Waals surface area contributed by atoms with Crippen molar-refractivity contribution in [1.29, 1.82) is 0 Å². The van der Waals surface area contributed by atoms with E-state index in [2.05, 4.69) is 31.9 Å². The van der Waals surface area contributed by atoms with Gasteiger partial charge in [0.2, 0.25) is 0 Å². The van der Waals surface area contributed by atoms with Crippen molar-refractivity contribution >= 4 is 31.9 Å². The molecule has 46 heavy (non-hydrogen) atoms. The first-order valence-corrected chi connectivity index (χ1v) is 16.1. The second-order valence-electron chi connectivity index (χ2n) is 11.0. The maximum atomic E-state index is 14.7. The number of benzene rings is 4. The Balaban J connectivity index is 2.23. The van der Waals surface area contributed by atoms with Crippen molar-refractivity contribution in [3.8, 4) is 33.4 Å². The minimum atomic E-state index is -5.01. The molecule has 0 radical (unpaired) electrons. The van der Waals surface area contributed by atoms with Crippen LogP contribution < -0.4 is 0 Å². The fourth-order valence-corrected chi connectivity index (χ4v) is 6.77. The normalized spacial score (nSPS) is 12.6. The molecule has 0 spiro atoms. The fraction of sp³-hybridized carbons (Fsp3) is 0.314. The Morgan fingerprint density at radius 3 is 1.74 bits per heavy atom. The Kier molecular flexibility index (Phi) is 10.8. The molecule has 0 heterocycles. The predicted octanol–water partition coefficient (Wildman–Crippen LogP) is 13.4. The summed E-state index contributed by atoms with van der Waals surface area (Å²) in [5.41, 5.74) is -0.571. The van der Waals surface area contributed by atoms with E-state index in [0.29, 0.717) is 35.6 Å². The molecule has 4 aromatic carbocycles. The zero-order valence-corrected chi connectivity index (χ0v) is 28.1. The molecule has 0 aliphatic rings. The van der Waals surface area contributed by atoms with Gasteiger partial charge in [-0.1, -0.05) is 67.4 Å². The van der Waals surface area contributed by atoms with Crippen LogP contribution in [0.3, 0.4) is 0 Å². The summed E-state index contributed by atoms with van der Waals surface area (Å²) in [4.78, 5) is 0.